The lowest BCUT2D eigenvalue weighted by molar-refractivity contribution is -0.156. The van der Waals surface area contributed by atoms with Crippen molar-refractivity contribution in [2.24, 2.45) is 0 Å². The van der Waals surface area contributed by atoms with Crippen LogP contribution >= 0.6 is 11.8 Å². The third-order valence-electron chi connectivity index (χ3n) is 7.86. The number of halogens is 3. The Labute approximate surface area is 328 Å². The van der Waals surface area contributed by atoms with Gasteiger partial charge in [-0.1, -0.05) is 24.3 Å². The Hall–Kier alpha value is -5.31. The van der Waals surface area contributed by atoms with Crippen LogP contribution in [0.3, 0.4) is 0 Å². The highest BCUT2D eigenvalue weighted by Crippen LogP contribution is 2.42. The number of aromatic nitrogens is 3. The fourth-order valence-corrected chi connectivity index (χ4v) is 6.82. The van der Waals surface area contributed by atoms with Crippen molar-refractivity contribution >= 4 is 46.3 Å². The fraction of sp³-hybridized carbons (Fsp3) is 0.371. The van der Waals surface area contributed by atoms with Crippen LogP contribution in [0, 0.1) is 28.8 Å². The highest BCUT2D eigenvalue weighted by Gasteiger charge is 2.47. The zero-order valence-electron chi connectivity index (χ0n) is 30.0. The lowest BCUT2D eigenvalue weighted by Crippen LogP contribution is -2.47. The molecule has 0 bridgehead atoms. The van der Waals surface area contributed by atoms with Crippen LogP contribution in [0.5, 0.6) is 0 Å². The van der Waals surface area contributed by atoms with Gasteiger partial charge in [0.1, 0.15) is 30.1 Å². The first kappa shape index (κ1) is 44.4. The Morgan fingerprint density at radius 3 is 2.56 bits per heavy atom. The maximum atomic E-state index is 15.6. The van der Waals surface area contributed by atoms with Gasteiger partial charge in [0.05, 0.1) is 49.7 Å². The lowest BCUT2D eigenvalue weighted by Gasteiger charge is -2.40. The molecule has 2 N–H and O–H groups in total. The van der Waals surface area contributed by atoms with E-state index in [1.165, 1.54) is 47.3 Å². The number of benzene rings is 2. The number of amides is 1. The molecule has 17 nitrogen and oxygen atoms in total. The highest BCUT2D eigenvalue weighted by molar-refractivity contribution is 8.00. The maximum absolute atomic E-state index is 15.6. The summed E-state index contributed by atoms with van der Waals surface area (Å²) in [7, 11) is -4.68. The number of carbonyl (C=O) groups is 3. The van der Waals surface area contributed by atoms with Crippen molar-refractivity contribution in [3.8, 4) is 6.07 Å². The molecule has 1 amide bonds. The molecule has 0 radical (unpaired) electrons. The van der Waals surface area contributed by atoms with Gasteiger partial charge in [-0.3, -0.25) is 14.1 Å². The molecule has 306 valence electrons. The van der Waals surface area contributed by atoms with Crippen LogP contribution < -0.4 is 5.32 Å². The molecule has 2 unspecified atom stereocenters. The summed E-state index contributed by atoms with van der Waals surface area (Å²) in [5.41, 5.74) is -1.73. The van der Waals surface area contributed by atoms with E-state index in [0.29, 0.717) is 6.07 Å². The molecule has 2 aromatic carbocycles. The van der Waals surface area contributed by atoms with Gasteiger partial charge in [0.15, 0.2) is 11.9 Å². The Balaban J connectivity index is 1.39. The van der Waals surface area contributed by atoms with Gasteiger partial charge in [0, 0.05) is 35.4 Å². The summed E-state index contributed by atoms with van der Waals surface area (Å²) in [6, 6.07) is 8.67. The van der Waals surface area contributed by atoms with Crippen LogP contribution in [0.2, 0.25) is 0 Å². The Morgan fingerprint density at radius 2 is 1.89 bits per heavy atom. The van der Waals surface area contributed by atoms with Gasteiger partial charge in [0.2, 0.25) is 12.7 Å². The summed E-state index contributed by atoms with van der Waals surface area (Å²) in [5, 5.41) is 14.0. The Morgan fingerprint density at radius 1 is 1.12 bits per heavy atom. The van der Waals surface area contributed by atoms with Gasteiger partial charge in [-0.25, -0.2) is 31.8 Å². The van der Waals surface area contributed by atoms with Crippen molar-refractivity contribution in [1.29, 1.82) is 5.26 Å². The number of nitriles is 1. The standard InChI is InChI=1S/C35H36F3N5O12S2/c1-23(56-27-17-50-33(51-18-27)5-3-2-4-25-7-6-24(16-39)14-29(25)37)35(19-43-21-40-20-42-43,28-9-8-26(36)15-30(28)38)55-34(46)53-22-52-32(45)11-10-31(44)41-12-13-54-57(47,48)49/h2-9,14-15,20-21,23,27,33H,10-13,17-19,22H2,1H3,(H,41,44)(H,47,48,49). The Bertz CT molecular complexity index is 2060. The SMILES string of the molecule is CC(SC1COC(C=CC=Cc2ccc(C#N)cc2F)OC1)C(Cn1cncn1)(OC(=O)OCOC(=O)CCC(=O)NCCOS(=O)(=O)O)c1ccc(F)cc1F. The first-order valence-electron chi connectivity index (χ1n) is 16.8. The molecule has 0 spiro atoms. The molecule has 1 fully saturated rings. The number of hydrogen-bond donors (Lipinski definition) is 2. The average Bonchev–Trinajstić information content (AvgIpc) is 3.67. The molecule has 0 saturated carbocycles. The minimum Gasteiger partial charge on any atom is -0.428 e. The first-order valence-corrected chi connectivity index (χ1v) is 19.1. The van der Waals surface area contributed by atoms with E-state index in [4.69, 9.17) is 33.5 Å². The van der Waals surface area contributed by atoms with Crippen LogP contribution in [-0.4, -0.2) is 95.7 Å². The normalized spacial score (nSPS) is 17.4. The van der Waals surface area contributed by atoms with E-state index < -0.39 is 94.5 Å². The van der Waals surface area contributed by atoms with Crippen molar-refractivity contribution in [3.05, 3.63) is 101 Å². The summed E-state index contributed by atoms with van der Waals surface area (Å²) in [6.45, 7) is -0.264. The van der Waals surface area contributed by atoms with Crippen molar-refractivity contribution < 1.29 is 68.4 Å². The van der Waals surface area contributed by atoms with Crippen molar-refractivity contribution in [2.75, 3.05) is 33.2 Å². The fourth-order valence-electron chi connectivity index (χ4n) is 5.16. The van der Waals surface area contributed by atoms with E-state index in [-0.39, 0.29) is 43.0 Å². The van der Waals surface area contributed by atoms with Gasteiger partial charge in [0.25, 0.3) is 0 Å². The number of nitrogens with zero attached hydrogens (tertiary/aromatic N) is 4. The first-order chi connectivity index (χ1) is 27.2. The van der Waals surface area contributed by atoms with E-state index in [1.54, 1.807) is 25.2 Å². The van der Waals surface area contributed by atoms with Crippen LogP contribution in [0.25, 0.3) is 6.08 Å². The monoisotopic (exact) mass is 839 g/mol. The molecule has 2 atom stereocenters. The number of nitrogens with one attached hydrogen (secondary N) is 1. The molecule has 1 aliphatic heterocycles. The van der Waals surface area contributed by atoms with Gasteiger partial charge < -0.3 is 29.0 Å². The molecule has 1 aliphatic rings. The number of allylic oxidation sites excluding steroid dienone is 2. The van der Waals surface area contributed by atoms with Gasteiger partial charge in [-0.2, -0.15) is 18.8 Å². The van der Waals surface area contributed by atoms with Crippen LogP contribution in [-0.2, 0) is 60.0 Å². The smallest absolute Gasteiger partial charge is 0.428 e. The topological polar surface area (TPSA) is 227 Å². The second-order valence-corrected chi connectivity index (χ2v) is 14.6. The lowest BCUT2D eigenvalue weighted by atomic mass is 9.89. The van der Waals surface area contributed by atoms with Crippen LogP contribution in [0.1, 0.15) is 36.5 Å². The summed E-state index contributed by atoms with van der Waals surface area (Å²) in [4.78, 5) is 41.1. The van der Waals surface area contributed by atoms with E-state index in [9.17, 15) is 31.6 Å². The maximum Gasteiger partial charge on any atom is 0.512 e. The van der Waals surface area contributed by atoms with Crippen LogP contribution in [0.15, 0.2) is 67.3 Å². The number of carbonyl (C=O) groups excluding carboxylic acids is 3. The third-order valence-corrected chi connectivity index (χ3v) is 9.77. The van der Waals surface area contributed by atoms with E-state index in [2.05, 4.69) is 19.6 Å². The van der Waals surface area contributed by atoms with E-state index in [0.717, 1.165) is 18.2 Å². The molecule has 0 aliphatic carbocycles. The summed E-state index contributed by atoms with van der Waals surface area (Å²) < 4.78 is 106. The van der Waals surface area contributed by atoms with E-state index >= 15 is 4.39 Å². The molecular weight excluding hydrogens is 804 g/mol. The molecule has 22 heteroatoms. The highest BCUT2D eigenvalue weighted by atomic mass is 32.3. The third kappa shape index (κ3) is 14.3. The zero-order chi connectivity index (χ0) is 41.4. The molecule has 1 aromatic heterocycles. The number of esters is 1. The number of thioether (sulfide) groups is 1. The molecule has 1 saturated heterocycles. The number of ether oxygens (including phenoxy) is 5. The molecule has 2 heterocycles. The van der Waals surface area contributed by atoms with Crippen molar-refractivity contribution in [1.82, 2.24) is 20.1 Å². The minimum absolute atomic E-state index is 0.125. The van der Waals surface area contributed by atoms with Gasteiger partial charge in [-0.05, 0) is 37.3 Å². The quantitative estimate of drug-likeness (QED) is 0.0572. The Kier molecular flexibility index (Phi) is 16.6. The predicted molar refractivity (Wildman–Crippen MR) is 192 cm³/mol. The van der Waals surface area contributed by atoms with Gasteiger partial charge in [-0.15, -0.1) is 11.8 Å². The van der Waals surface area contributed by atoms with Crippen molar-refractivity contribution in [3.63, 3.8) is 0 Å². The molecule has 57 heavy (non-hydrogen) atoms. The average molecular weight is 840 g/mol. The van der Waals surface area contributed by atoms with Crippen LogP contribution in [0.4, 0.5) is 18.0 Å². The minimum atomic E-state index is -4.68. The number of rotatable bonds is 19. The summed E-state index contributed by atoms with van der Waals surface area (Å²) in [5.74, 6) is -4.15. The largest absolute Gasteiger partial charge is 0.512 e. The molecule has 3 aromatic rings. The molecule has 4 rings (SSSR count). The van der Waals surface area contributed by atoms with Crippen molar-refractivity contribution in [2.45, 2.75) is 48.7 Å². The van der Waals surface area contributed by atoms with Gasteiger partial charge >= 0.3 is 22.5 Å². The predicted octanol–water partition coefficient (Wildman–Crippen LogP) is 3.97. The van der Waals surface area contributed by atoms with E-state index in [1.807, 2.05) is 6.07 Å². The summed E-state index contributed by atoms with van der Waals surface area (Å²) in [6.07, 6.45) is 5.73. The second-order valence-electron chi connectivity index (χ2n) is 11.9. The second kappa shape index (κ2) is 21.3. The number of hydrogen-bond acceptors (Lipinski definition) is 15. The summed E-state index contributed by atoms with van der Waals surface area (Å²) >= 11 is 1.20. The molecular formula is C35H36F3N5O12S2. The zero-order valence-corrected chi connectivity index (χ0v) is 31.6.